The topological polar surface area (TPSA) is 122 Å². The zero-order valence-electron chi connectivity index (χ0n) is 11.2. The highest BCUT2D eigenvalue weighted by molar-refractivity contribution is 5.86. The van der Waals surface area contributed by atoms with Crippen molar-refractivity contribution in [3.63, 3.8) is 0 Å². The van der Waals surface area contributed by atoms with Gasteiger partial charge >= 0.3 is 5.97 Å². The molecule has 0 unspecified atom stereocenters. The number of nitrogens with zero attached hydrogens (tertiary/aromatic N) is 5. The van der Waals surface area contributed by atoms with E-state index in [4.69, 9.17) is 14.9 Å². The lowest BCUT2D eigenvalue weighted by Crippen LogP contribution is -2.15. The minimum absolute atomic E-state index is 0.0429. The highest BCUT2D eigenvalue weighted by Crippen LogP contribution is 2.25. The van der Waals surface area contributed by atoms with Gasteiger partial charge in [0.15, 0.2) is 16.9 Å². The molecule has 3 aromatic rings. The first-order valence-corrected chi connectivity index (χ1v) is 6.25. The SMILES string of the molecule is CCOC(=O)Cn1nnc2c(-c3ccco3)nc(N)nc21. The van der Waals surface area contributed by atoms with Gasteiger partial charge in [0.05, 0.1) is 12.9 Å². The number of ether oxygens (including phenoxy) is 1. The molecule has 0 aromatic carbocycles. The van der Waals surface area contributed by atoms with Crippen LogP contribution in [0.25, 0.3) is 22.6 Å². The summed E-state index contributed by atoms with van der Waals surface area (Å²) in [6, 6.07) is 3.45. The molecule has 0 aliphatic heterocycles. The van der Waals surface area contributed by atoms with Crippen LogP contribution in [0.4, 0.5) is 5.95 Å². The Morgan fingerprint density at radius 2 is 2.33 bits per heavy atom. The molecule has 9 heteroatoms. The number of esters is 1. The molecule has 0 amide bonds. The first kappa shape index (κ1) is 13.0. The van der Waals surface area contributed by atoms with Gasteiger partial charge in [-0.2, -0.15) is 4.98 Å². The van der Waals surface area contributed by atoms with E-state index < -0.39 is 5.97 Å². The number of anilines is 1. The van der Waals surface area contributed by atoms with Crippen molar-refractivity contribution < 1.29 is 13.9 Å². The summed E-state index contributed by atoms with van der Waals surface area (Å²) in [4.78, 5) is 19.7. The van der Waals surface area contributed by atoms with Crippen LogP contribution in [0.2, 0.25) is 0 Å². The van der Waals surface area contributed by atoms with Crippen molar-refractivity contribution in [2.45, 2.75) is 13.5 Å². The van der Waals surface area contributed by atoms with Crippen molar-refractivity contribution in [1.29, 1.82) is 0 Å². The molecule has 0 radical (unpaired) electrons. The van der Waals surface area contributed by atoms with Gasteiger partial charge < -0.3 is 14.9 Å². The molecule has 9 nitrogen and oxygen atoms in total. The molecule has 3 aromatic heterocycles. The summed E-state index contributed by atoms with van der Waals surface area (Å²) in [7, 11) is 0. The van der Waals surface area contributed by atoms with Crippen LogP contribution in [-0.2, 0) is 16.1 Å². The number of aromatic nitrogens is 5. The summed E-state index contributed by atoms with van der Waals surface area (Å²) in [5.41, 5.74) is 6.88. The smallest absolute Gasteiger partial charge is 0.327 e. The number of hydrogen-bond acceptors (Lipinski definition) is 8. The number of hydrogen-bond donors (Lipinski definition) is 1. The quantitative estimate of drug-likeness (QED) is 0.693. The molecule has 0 saturated heterocycles. The van der Waals surface area contributed by atoms with Gasteiger partial charge in [0, 0.05) is 0 Å². The van der Waals surface area contributed by atoms with E-state index in [0.717, 1.165) is 0 Å². The lowest BCUT2D eigenvalue weighted by Gasteiger charge is -2.03. The van der Waals surface area contributed by atoms with E-state index in [0.29, 0.717) is 29.2 Å². The molecular weight excluding hydrogens is 276 g/mol. The summed E-state index contributed by atoms with van der Waals surface area (Å²) in [6.45, 7) is 1.92. The van der Waals surface area contributed by atoms with Crippen molar-refractivity contribution >= 4 is 23.1 Å². The largest absolute Gasteiger partial charge is 0.465 e. The van der Waals surface area contributed by atoms with Crippen LogP contribution in [0.1, 0.15) is 6.92 Å². The second-order valence-electron chi connectivity index (χ2n) is 4.13. The Labute approximate surface area is 118 Å². The average Bonchev–Trinajstić information content (AvgIpc) is 3.09. The lowest BCUT2D eigenvalue weighted by atomic mass is 10.3. The maximum atomic E-state index is 11.5. The highest BCUT2D eigenvalue weighted by atomic mass is 16.5. The maximum absolute atomic E-state index is 11.5. The van der Waals surface area contributed by atoms with Gasteiger partial charge in [0.1, 0.15) is 12.2 Å². The fraction of sp³-hybridized carbons (Fsp3) is 0.250. The Kier molecular flexibility index (Phi) is 3.22. The van der Waals surface area contributed by atoms with E-state index in [1.54, 1.807) is 19.1 Å². The molecule has 0 spiro atoms. The van der Waals surface area contributed by atoms with Crippen LogP contribution in [0.3, 0.4) is 0 Å². The third kappa shape index (κ3) is 2.40. The molecule has 2 N–H and O–H groups in total. The van der Waals surface area contributed by atoms with Crippen LogP contribution in [0.5, 0.6) is 0 Å². The van der Waals surface area contributed by atoms with Crippen LogP contribution < -0.4 is 5.73 Å². The van der Waals surface area contributed by atoms with Crippen LogP contribution >= 0.6 is 0 Å². The van der Waals surface area contributed by atoms with Crippen molar-refractivity contribution in [2.75, 3.05) is 12.3 Å². The Morgan fingerprint density at radius 3 is 3.05 bits per heavy atom. The zero-order valence-corrected chi connectivity index (χ0v) is 11.2. The van der Waals surface area contributed by atoms with E-state index in [2.05, 4.69) is 20.3 Å². The predicted molar refractivity (Wildman–Crippen MR) is 71.9 cm³/mol. The van der Waals surface area contributed by atoms with E-state index in [1.807, 2.05) is 0 Å². The second-order valence-corrected chi connectivity index (χ2v) is 4.13. The Bertz CT molecular complexity index is 780. The minimum Gasteiger partial charge on any atom is -0.465 e. The van der Waals surface area contributed by atoms with Gasteiger partial charge in [-0.15, -0.1) is 5.10 Å². The third-order valence-corrected chi connectivity index (χ3v) is 2.72. The number of rotatable bonds is 4. The van der Waals surface area contributed by atoms with Crippen molar-refractivity contribution in [1.82, 2.24) is 25.0 Å². The maximum Gasteiger partial charge on any atom is 0.327 e. The second kappa shape index (κ2) is 5.19. The average molecular weight is 288 g/mol. The fourth-order valence-electron chi connectivity index (χ4n) is 1.89. The van der Waals surface area contributed by atoms with E-state index >= 15 is 0 Å². The summed E-state index contributed by atoms with van der Waals surface area (Å²) in [6.07, 6.45) is 1.52. The van der Waals surface area contributed by atoms with E-state index in [-0.39, 0.29) is 12.5 Å². The number of furan rings is 1. The molecule has 108 valence electrons. The standard InChI is InChI=1S/C12H12N6O3/c1-2-20-8(19)6-18-11-10(16-17-18)9(14-12(13)15-11)7-4-3-5-21-7/h3-5H,2,6H2,1H3,(H2,13,14,15). The van der Waals surface area contributed by atoms with Gasteiger partial charge in [0.25, 0.3) is 0 Å². The lowest BCUT2D eigenvalue weighted by molar-refractivity contribution is -0.144. The van der Waals surface area contributed by atoms with Gasteiger partial charge in [-0.25, -0.2) is 9.67 Å². The normalized spacial score (nSPS) is 10.9. The fourth-order valence-corrected chi connectivity index (χ4v) is 1.89. The highest BCUT2D eigenvalue weighted by Gasteiger charge is 2.18. The van der Waals surface area contributed by atoms with Crippen molar-refractivity contribution in [2.24, 2.45) is 0 Å². The number of fused-ring (bicyclic) bond motifs is 1. The monoisotopic (exact) mass is 288 g/mol. The molecule has 0 bridgehead atoms. The molecule has 21 heavy (non-hydrogen) atoms. The summed E-state index contributed by atoms with van der Waals surface area (Å²) in [5.74, 6) is 0.111. The number of carbonyl (C=O) groups is 1. The molecule has 3 rings (SSSR count). The zero-order chi connectivity index (χ0) is 14.8. The van der Waals surface area contributed by atoms with Crippen molar-refractivity contribution in [3.05, 3.63) is 18.4 Å². The first-order valence-electron chi connectivity index (χ1n) is 6.25. The molecule has 0 fully saturated rings. The Hall–Kier alpha value is -2.97. The number of carbonyl (C=O) groups excluding carboxylic acids is 1. The first-order chi connectivity index (χ1) is 10.2. The van der Waals surface area contributed by atoms with Gasteiger partial charge in [-0.05, 0) is 19.1 Å². The van der Waals surface area contributed by atoms with E-state index in [1.165, 1.54) is 10.9 Å². The molecule has 3 heterocycles. The summed E-state index contributed by atoms with van der Waals surface area (Å²) in [5, 5.41) is 7.89. The molecule has 0 atom stereocenters. The number of nitrogen functional groups attached to an aromatic ring is 1. The van der Waals surface area contributed by atoms with Gasteiger partial charge in [0.2, 0.25) is 5.95 Å². The molecule has 0 aliphatic carbocycles. The van der Waals surface area contributed by atoms with Crippen molar-refractivity contribution in [3.8, 4) is 11.5 Å². The summed E-state index contributed by atoms with van der Waals surface area (Å²) < 4.78 is 11.5. The minimum atomic E-state index is -0.430. The van der Waals surface area contributed by atoms with Gasteiger partial charge in [-0.3, -0.25) is 4.79 Å². The van der Waals surface area contributed by atoms with Gasteiger partial charge in [-0.1, -0.05) is 5.21 Å². The number of nitrogens with two attached hydrogens (primary N) is 1. The molecular formula is C12H12N6O3. The van der Waals surface area contributed by atoms with Crippen LogP contribution in [-0.4, -0.2) is 37.5 Å². The molecule has 0 saturated carbocycles. The third-order valence-electron chi connectivity index (χ3n) is 2.72. The van der Waals surface area contributed by atoms with Crippen LogP contribution in [0, 0.1) is 0 Å². The summed E-state index contributed by atoms with van der Waals surface area (Å²) >= 11 is 0. The Morgan fingerprint density at radius 1 is 1.48 bits per heavy atom. The predicted octanol–water partition coefficient (Wildman–Crippen LogP) is 0.627. The Balaban J connectivity index is 2.08. The molecule has 0 aliphatic rings. The van der Waals surface area contributed by atoms with Crippen LogP contribution in [0.15, 0.2) is 22.8 Å². The van der Waals surface area contributed by atoms with E-state index in [9.17, 15) is 4.79 Å².